The minimum Gasteiger partial charge on any atom is -0.462 e. The van der Waals surface area contributed by atoms with Gasteiger partial charge in [0.15, 0.2) is 6.10 Å². The largest absolute Gasteiger partial charge is 0.462 e. The first-order valence-corrected chi connectivity index (χ1v) is 17.3. The number of carbonyl (C=O) groups is 2. The SMILES string of the molecule is CCC(C)CCCCCCCCC(=O)O[C@@H](CO)COC(=O)CCCCCCCCCCCCCCCC(C)C. The highest BCUT2D eigenvalue weighted by Gasteiger charge is 2.16. The molecule has 40 heavy (non-hydrogen) atoms. The van der Waals surface area contributed by atoms with Crippen LogP contribution in [0.25, 0.3) is 0 Å². The van der Waals surface area contributed by atoms with Gasteiger partial charge in [0.05, 0.1) is 6.61 Å². The second-order valence-corrected chi connectivity index (χ2v) is 12.7. The van der Waals surface area contributed by atoms with Crippen molar-refractivity contribution in [3.8, 4) is 0 Å². The summed E-state index contributed by atoms with van der Waals surface area (Å²) in [6.07, 6.45) is 27.3. The number of hydrogen-bond donors (Lipinski definition) is 1. The zero-order valence-electron chi connectivity index (χ0n) is 27.2. The highest BCUT2D eigenvalue weighted by atomic mass is 16.6. The molecular weight excluding hydrogens is 500 g/mol. The number of carbonyl (C=O) groups excluding carboxylic acids is 2. The van der Waals surface area contributed by atoms with E-state index in [4.69, 9.17) is 9.47 Å². The van der Waals surface area contributed by atoms with Gasteiger partial charge in [-0.15, -0.1) is 0 Å². The Bertz CT molecular complexity index is 562. The molecule has 0 amide bonds. The molecule has 0 aromatic carbocycles. The molecule has 0 aliphatic rings. The van der Waals surface area contributed by atoms with Crippen molar-refractivity contribution in [2.75, 3.05) is 13.2 Å². The standard InChI is InChI=1S/C35H68O5/c1-5-32(4)26-22-18-15-16-20-24-28-35(38)40-33(29-36)30-39-34(37)27-23-19-14-12-10-8-6-7-9-11-13-17-21-25-31(2)3/h31-33,36H,5-30H2,1-4H3/t32?,33-/m0/s1. The number of ether oxygens (including phenoxy) is 2. The van der Waals surface area contributed by atoms with E-state index in [0.29, 0.717) is 12.8 Å². The summed E-state index contributed by atoms with van der Waals surface area (Å²) in [6, 6.07) is 0. The van der Waals surface area contributed by atoms with Gasteiger partial charge in [0, 0.05) is 12.8 Å². The summed E-state index contributed by atoms with van der Waals surface area (Å²) in [4.78, 5) is 24.1. The minimum absolute atomic E-state index is 0.0603. The summed E-state index contributed by atoms with van der Waals surface area (Å²) in [6.45, 7) is 8.79. The molecule has 0 aromatic heterocycles. The predicted molar refractivity (Wildman–Crippen MR) is 168 cm³/mol. The third kappa shape index (κ3) is 28.4. The first-order valence-electron chi connectivity index (χ1n) is 17.3. The second-order valence-electron chi connectivity index (χ2n) is 12.7. The van der Waals surface area contributed by atoms with Crippen LogP contribution in [0.4, 0.5) is 0 Å². The van der Waals surface area contributed by atoms with Gasteiger partial charge in [0.1, 0.15) is 6.61 Å². The maximum Gasteiger partial charge on any atom is 0.306 e. The van der Waals surface area contributed by atoms with Gasteiger partial charge in [-0.05, 0) is 24.7 Å². The fourth-order valence-electron chi connectivity index (χ4n) is 5.07. The molecule has 0 saturated heterocycles. The molecule has 5 heteroatoms. The van der Waals surface area contributed by atoms with Crippen LogP contribution < -0.4 is 0 Å². The summed E-state index contributed by atoms with van der Waals surface area (Å²) in [7, 11) is 0. The first-order chi connectivity index (χ1) is 19.4. The van der Waals surface area contributed by atoms with Crippen LogP contribution in [0.3, 0.4) is 0 Å². The molecule has 0 rings (SSSR count). The van der Waals surface area contributed by atoms with Gasteiger partial charge < -0.3 is 14.6 Å². The first kappa shape index (κ1) is 38.9. The summed E-state index contributed by atoms with van der Waals surface area (Å²) in [5.74, 6) is 1.09. The van der Waals surface area contributed by atoms with Gasteiger partial charge in [-0.2, -0.15) is 0 Å². The molecule has 0 aliphatic heterocycles. The quantitative estimate of drug-likeness (QED) is 0.0689. The summed E-state index contributed by atoms with van der Waals surface area (Å²) >= 11 is 0. The van der Waals surface area contributed by atoms with E-state index in [9.17, 15) is 14.7 Å². The second kappa shape index (κ2) is 29.4. The Morgan fingerprint density at radius 3 is 1.40 bits per heavy atom. The monoisotopic (exact) mass is 569 g/mol. The zero-order valence-corrected chi connectivity index (χ0v) is 27.2. The molecule has 238 valence electrons. The normalized spacial score (nSPS) is 12.9. The van der Waals surface area contributed by atoms with Crippen molar-refractivity contribution in [2.45, 2.75) is 188 Å². The lowest BCUT2D eigenvalue weighted by Gasteiger charge is -2.15. The molecule has 0 saturated carbocycles. The molecule has 0 spiro atoms. The van der Waals surface area contributed by atoms with Crippen LogP contribution in [0.15, 0.2) is 0 Å². The van der Waals surface area contributed by atoms with Gasteiger partial charge in [-0.1, -0.05) is 156 Å². The van der Waals surface area contributed by atoms with Crippen LogP contribution in [0, 0.1) is 11.8 Å². The maximum absolute atomic E-state index is 12.1. The molecular formula is C35H68O5. The summed E-state index contributed by atoms with van der Waals surface area (Å²) in [5, 5.41) is 9.49. The van der Waals surface area contributed by atoms with E-state index in [2.05, 4.69) is 27.7 Å². The topological polar surface area (TPSA) is 72.8 Å². The fraction of sp³-hybridized carbons (Fsp3) is 0.943. The highest BCUT2D eigenvalue weighted by Crippen LogP contribution is 2.16. The van der Waals surface area contributed by atoms with Crippen LogP contribution in [0.1, 0.15) is 182 Å². The van der Waals surface area contributed by atoms with Crippen molar-refractivity contribution in [3.05, 3.63) is 0 Å². The number of unbranched alkanes of at least 4 members (excludes halogenated alkanes) is 17. The van der Waals surface area contributed by atoms with Crippen LogP contribution in [0.5, 0.6) is 0 Å². The molecule has 1 N–H and O–H groups in total. The van der Waals surface area contributed by atoms with E-state index < -0.39 is 6.10 Å². The Hall–Kier alpha value is -1.10. The molecule has 0 heterocycles. The molecule has 1 unspecified atom stereocenters. The summed E-state index contributed by atoms with van der Waals surface area (Å²) < 4.78 is 10.6. The number of hydrogen-bond acceptors (Lipinski definition) is 5. The Balaban J connectivity index is 3.54. The Kier molecular flexibility index (Phi) is 28.6. The van der Waals surface area contributed by atoms with Gasteiger partial charge >= 0.3 is 11.9 Å². The number of esters is 2. The number of aliphatic hydroxyl groups is 1. The van der Waals surface area contributed by atoms with Crippen LogP contribution >= 0.6 is 0 Å². The molecule has 0 bridgehead atoms. The predicted octanol–water partition coefficient (Wildman–Crippen LogP) is 10.1. The highest BCUT2D eigenvalue weighted by molar-refractivity contribution is 5.70. The Morgan fingerprint density at radius 1 is 0.575 bits per heavy atom. The van der Waals surface area contributed by atoms with Crippen molar-refractivity contribution in [2.24, 2.45) is 11.8 Å². The smallest absolute Gasteiger partial charge is 0.306 e. The van der Waals surface area contributed by atoms with Crippen LogP contribution in [-0.4, -0.2) is 36.4 Å². The zero-order chi connectivity index (χ0) is 29.7. The number of aliphatic hydroxyl groups excluding tert-OH is 1. The van der Waals surface area contributed by atoms with E-state index in [1.165, 1.54) is 103 Å². The van der Waals surface area contributed by atoms with Crippen molar-refractivity contribution >= 4 is 11.9 Å². The van der Waals surface area contributed by atoms with Gasteiger partial charge in [0.25, 0.3) is 0 Å². The lowest BCUT2D eigenvalue weighted by Crippen LogP contribution is -2.28. The molecule has 0 aliphatic carbocycles. The van der Waals surface area contributed by atoms with E-state index in [1.807, 2.05) is 0 Å². The third-order valence-corrected chi connectivity index (χ3v) is 8.12. The average Bonchev–Trinajstić information content (AvgIpc) is 2.94. The Morgan fingerprint density at radius 2 is 0.975 bits per heavy atom. The molecule has 5 nitrogen and oxygen atoms in total. The van der Waals surface area contributed by atoms with E-state index in [-0.39, 0.29) is 25.2 Å². The summed E-state index contributed by atoms with van der Waals surface area (Å²) in [5.41, 5.74) is 0. The van der Waals surface area contributed by atoms with Gasteiger partial charge in [0.2, 0.25) is 0 Å². The van der Waals surface area contributed by atoms with E-state index >= 15 is 0 Å². The molecule has 0 aromatic rings. The average molecular weight is 569 g/mol. The Labute approximate surface area is 248 Å². The fourth-order valence-corrected chi connectivity index (χ4v) is 5.07. The molecule has 0 fully saturated rings. The maximum atomic E-state index is 12.1. The van der Waals surface area contributed by atoms with Crippen molar-refractivity contribution < 1.29 is 24.2 Å². The van der Waals surface area contributed by atoms with Crippen molar-refractivity contribution in [1.82, 2.24) is 0 Å². The number of rotatable bonds is 30. The van der Waals surface area contributed by atoms with Crippen LogP contribution in [-0.2, 0) is 19.1 Å². The molecule has 2 atom stereocenters. The van der Waals surface area contributed by atoms with Gasteiger partial charge in [-0.25, -0.2) is 0 Å². The molecule has 0 radical (unpaired) electrons. The minimum atomic E-state index is -0.762. The van der Waals surface area contributed by atoms with E-state index in [0.717, 1.165) is 50.4 Å². The van der Waals surface area contributed by atoms with E-state index in [1.54, 1.807) is 0 Å². The van der Waals surface area contributed by atoms with Crippen LogP contribution in [0.2, 0.25) is 0 Å². The van der Waals surface area contributed by atoms with Gasteiger partial charge in [-0.3, -0.25) is 9.59 Å². The van der Waals surface area contributed by atoms with Crippen molar-refractivity contribution in [3.63, 3.8) is 0 Å². The lowest BCUT2D eigenvalue weighted by atomic mass is 10.00. The third-order valence-electron chi connectivity index (χ3n) is 8.12. The van der Waals surface area contributed by atoms with Crippen molar-refractivity contribution in [1.29, 1.82) is 0 Å². The lowest BCUT2D eigenvalue weighted by molar-refractivity contribution is -0.161.